The Morgan fingerprint density at radius 2 is 1.76 bits per heavy atom. The van der Waals surface area contributed by atoms with Crippen molar-refractivity contribution in [2.24, 2.45) is 0 Å². The molecule has 0 aliphatic heterocycles. The van der Waals surface area contributed by atoms with Gasteiger partial charge in [0.25, 0.3) is 5.91 Å². The molecule has 2 aromatic heterocycles. The lowest BCUT2D eigenvalue weighted by Gasteiger charge is -2.09. The smallest absolute Gasteiger partial charge is 0.349 e. The number of hydrogen-bond acceptors (Lipinski definition) is 5. The number of para-hydroxylation sites is 1. The molecule has 0 saturated carbocycles. The number of nitrogens with one attached hydrogen (secondary N) is 4. The fourth-order valence-corrected chi connectivity index (χ4v) is 4.31. The van der Waals surface area contributed by atoms with E-state index in [-0.39, 0.29) is 23.8 Å². The number of carbonyl (C=O) groups excluding carboxylic acids is 2. The lowest BCUT2D eigenvalue weighted by Crippen LogP contribution is -2.15. The first-order chi connectivity index (χ1) is 18.3. The Hall–Kier alpha value is -4.63. The second-order valence-corrected chi connectivity index (χ2v) is 9.60. The highest BCUT2D eigenvalue weighted by Crippen LogP contribution is 2.29. The normalized spacial score (nSPS) is 11.2. The van der Waals surface area contributed by atoms with Crippen LogP contribution in [0, 0.1) is 0 Å². The van der Waals surface area contributed by atoms with Gasteiger partial charge < -0.3 is 15.6 Å². The minimum atomic E-state index is -0.727. The fraction of sp³-hybridized carbons (Fsp3) is 0.143. The summed E-state index contributed by atoms with van der Waals surface area (Å²) in [4.78, 5) is 42.9. The average Bonchev–Trinajstić information content (AvgIpc) is 3.52. The van der Waals surface area contributed by atoms with Crippen LogP contribution in [0.5, 0.6) is 0 Å². The largest absolute Gasteiger partial charge is 0.439 e. The van der Waals surface area contributed by atoms with Gasteiger partial charge in [-0.25, -0.2) is 4.79 Å². The molecule has 0 radical (unpaired) electrons. The van der Waals surface area contributed by atoms with Gasteiger partial charge in [0.15, 0.2) is 5.82 Å². The Kier molecular flexibility index (Phi) is 6.85. The molecule has 38 heavy (non-hydrogen) atoms. The van der Waals surface area contributed by atoms with Crippen LogP contribution >= 0.6 is 11.6 Å². The molecule has 2 amide bonds. The van der Waals surface area contributed by atoms with Gasteiger partial charge >= 0.3 is 5.76 Å². The summed E-state index contributed by atoms with van der Waals surface area (Å²) in [5.41, 5.74) is 4.37. The number of H-pyrrole nitrogens is 2. The summed E-state index contributed by atoms with van der Waals surface area (Å²) in [6.07, 6.45) is 0.228. The summed E-state index contributed by atoms with van der Waals surface area (Å²) in [6.45, 7) is 4.25. The topological polar surface area (TPSA) is 133 Å². The first kappa shape index (κ1) is 25.0. The summed E-state index contributed by atoms with van der Waals surface area (Å²) in [5.74, 6) is -0.767. The standard InChI is InChI=1S/C28H24ClN5O4/c1-15(2)17-8-6-16(7-9-17)12-24(35)30-22-5-3-4-18-13-23(31-25(18)22)27(36)32-21-11-10-19(29)14-20(21)26-33-28(37)38-34-26/h3-11,13-15,31H,12H2,1-2H3,(H,30,35)(H,32,36)(H,33,34,37). The summed E-state index contributed by atoms with van der Waals surface area (Å²) in [7, 11) is 0. The highest BCUT2D eigenvalue weighted by atomic mass is 35.5. The van der Waals surface area contributed by atoms with Crippen molar-refractivity contribution in [2.75, 3.05) is 10.6 Å². The van der Waals surface area contributed by atoms with Crippen LogP contribution in [-0.4, -0.2) is 26.9 Å². The number of carbonyl (C=O) groups is 2. The van der Waals surface area contributed by atoms with Gasteiger partial charge in [-0.2, -0.15) is 0 Å². The van der Waals surface area contributed by atoms with Gasteiger partial charge in [0.2, 0.25) is 5.91 Å². The number of anilines is 2. The average molecular weight is 530 g/mol. The van der Waals surface area contributed by atoms with Crippen molar-refractivity contribution in [1.29, 1.82) is 0 Å². The second-order valence-electron chi connectivity index (χ2n) is 9.16. The van der Waals surface area contributed by atoms with E-state index >= 15 is 0 Å². The lowest BCUT2D eigenvalue weighted by atomic mass is 10.0. The molecule has 5 aromatic rings. The number of nitrogens with zero attached hydrogens (tertiary/aromatic N) is 1. The number of aromatic amines is 2. The number of amides is 2. The summed E-state index contributed by atoms with van der Waals surface area (Å²) >= 11 is 6.11. The molecule has 0 aliphatic rings. The third-order valence-corrected chi connectivity index (χ3v) is 6.35. The monoisotopic (exact) mass is 529 g/mol. The molecule has 9 nitrogen and oxygen atoms in total. The lowest BCUT2D eigenvalue weighted by molar-refractivity contribution is -0.115. The molecule has 4 N–H and O–H groups in total. The summed E-state index contributed by atoms with van der Waals surface area (Å²) < 4.78 is 4.58. The van der Waals surface area contributed by atoms with Crippen LogP contribution in [0.25, 0.3) is 22.3 Å². The van der Waals surface area contributed by atoms with E-state index in [1.807, 2.05) is 36.4 Å². The Morgan fingerprint density at radius 1 is 0.974 bits per heavy atom. The first-order valence-corrected chi connectivity index (χ1v) is 12.3. The molecule has 192 valence electrons. The van der Waals surface area contributed by atoms with E-state index in [0.29, 0.717) is 33.4 Å². The van der Waals surface area contributed by atoms with Crippen LogP contribution in [0.2, 0.25) is 5.02 Å². The highest BCUT2D eigenvalue weighted by Gasteiger charge is 2.17. The third-order valence-electron chi connectivity index (χ3n) is 6.11. The van der Waals surface area contributed by atoms with Crippen molar-refractivity contribution < 1.29 is 14.1 Å². The molecular weight excluding hydrogens is 506 g/mol. The summed E-state index contributed by atoms with van der Waals surface area (Å²) in [5, 5.41) is 10.6. The number of hydrogen-bond donors (Lipinski definition) is 4. The van der Waals surface area contributed by atoms with E-state index in [0.717, 1.165) is 10.9 Å². The SMILES string of the molecule is CC(C)c1ccc(CC(=O)Nc2cccc3cc(C(=O)Nc4ccc(Cl)cc4-c4noc(=O)[nH]4)[nH]c23)cc1. The molecule has 2 heterocycles. The summed E-state index contributed by atoms with van der Waals surface area (Å²) in [6, 6.07) is 19.9. The molecule has 0 unspecified atom stereocenters. The molecule has 5 rings (SSSR count). The number of fused-ring (bicyclic) bond motifs is 1. The molecule has 10 heteroatoms. The number of halogens is 1. The minimum absolute atomic E-state index is 0.133. The molecule has 0 bridgehead atoms. The van der Waals surface area contributed by atoms with Crippen molar-refractivity contribution in [3.8, 4) is 11.4 Å². The molecular formula is C28H24ClN5O4. The Balaban J connectivity index is 1.35. The van der Waals surface area contributed by atoms with Crippen LogP contribution in [0.4, 0.5) is 11.4 Å². The predicted molar refractivity (Wildman–Crippen MR) is 147 cm³/mol. The van der Waals surface area contributed by atoms with E-state index in [9.17, 15) is 14.4 Å². The molecule has 3 aromatic carbocycles. The zero-order valence-electron chi connectivity index (χ0n) is 20.6. The van der Waals surface area contributed by atoms with Gasteiger partial charge in [0.05, 0.1) is 23.3 Å². The van der Waals surface area contributed by atoms with Crippen LogP contribution in [0.15, 0.2) is 76.0 Å². The van der Waals surface area contributed by atoms with Crippen molar-refractivity contribution in [1.82, 2.24) is 15.1 Å². The maximum atomic E-state index is 13.1. The van der Waals surface area contributed by atoms with Crippen molar-refractivity contribution >= 4 is 45.7 Å². The van der Waals surface area contributed by atoms with Crippen LogP contribution in [0.1, 0.15) is 41.4 Å². The van der Waals surface area contributed by atoms with E-state index in [2.05, 4.69) is 44.1 Å². The predicted octanol–water partition coefficient (Wildman–Crippen LogP) is 5.72. The zero-order valence-corrected chi connectivity index (χ0v) is 21.3. The fourth-order valence-electron chi connectivity index (χ4n) is 4.14. The van der Waals surface area contributed by atoms with E-state index in [1.165, 1.54) is 5.56 Å². The van der Waals surface area contributed by atoms with Crippen molar-refractivity contribution in [2.45, 2.75) is 26.2 Å². The maximum absolute atomic E-state index is 13.1. The molecule has 0 aliphatic carbocycles. The second kappa shape index (κ2) is 10.4. The number of benzene rings is 3. The minimum Gasteiger partial charge on any atom is -0.349 e. The van der Waals surface area contributed by atoms with Gasteiger partial charge in [0.1, 0.15) is 5.69 Å². The van der Waals surface area contributed by atoms with Gasteiger partial charge in [-0.15, -0.1) is 0 Å². The van der Waals surface area contributed by atoms with Crippen LogP contribution < -0.4 is 16.4 Å². The van der Waals surface area contributed by atoms with Crippen molar-refractivity contribution in [3.63, 3.8) is 0 Å². The van der Waals surface area contributed by atoms with E-state index in [1.54, 1.807) is 30.3 Å². The Morgan fingerprint density at radius 3 is 2.47 bits per heavy atom. The number of rotatable bonds is 7. The Labute approximate surface area is 222 Å². The van der Waals surface area contributed by atoms with Gasteiger partial charge in [-0.05, 0) is 47.4 Å². The maximum Gasteiger partial charge on any atom is 0.439 e. The van der Waals surface area contributed by atoms with Gasteiger partial charge in [-0.1, -0.05) is 67.0 Å². The molecule has 0 fully saturated rings. The first-order valence-electron chi connectivity index (χ1n) is 11.9. The highest BCUT2D eigenvalue weighted by molar-refractivity contribution is 6.31. The molecule has 0 atom stereocenters. The Bertz CT molecular complexity index is 1700. The van der Waals surface area contributed by atoms with Crippen molar-refractivity contribution in [3.05, 3.63) is 99.1 Å². The third kappa shape index (κ3) is 5.37. The quantitative estimate of drug-likeness (QED) is 0.214. The van der Waals surface area contributed by atoms with Gasteiger partial charge in [-0.3, -0.25) is 19.1 Å². The molecule has 0 spiro atoms. The molecule has 0 saturated heterocycles. The van der Waals surface area contributed by atoms with Crippen LogP contribution in [0.3, 0.4) is 0 Å². The number of aromatic nitrogens is 3. The van der Waals surface area contributed by atoms with Gasteiger partial charge in [0, 0.05) is 16.0 Å². The van der Waals surface area contributed by atoms with E-state index < -0.39 is 11.7 Å². The zero-order chi connectivity index (χ0) is 26.8. The van der Waals surface area contributed by atoms with E-state index in [4.69, 9.17) is 11.6 Å². The van der Waals surface area contributed by atoms with Crippen LogP contribution in [-0.2, 0) is 11.2 Å².